The SMILES string of the molecule is CC(C)NC(COc1cc(Br)cc([N+](=O)[O-])c1)C(=O)O. The molecule has 7 nitrogen and oxygen atoms in total. The third-order valence-electron chi connectivity index (χ3n) is 2.32. The molecule has 8 heteroatoms. The van der Waals surface area contributed by atoms with Crippen molar-refractivity contribution in [2.24, 2.45) is 0 Å². The molecule has 0 aliphatic carbocycles. The van der Waals surface area contributed by atoms with Gasteiger partial charge in [0.2, 0.25) is 0 Å². The number of nitrogens with one attached hydrogen (secondary N) is 1. The lowest BCUT2D eigenvalue weighted by Crippen LogP contribution is -2.44. The zero-order chi connectivity index (χ0) is 15.3. The summed E-state index contributed by atoms with van der Waals surface area (Å²) in [6.07, 6.45) is 0. The van der Waals surface area contributed by atoms with Gasteiger partial charge in [0, 0.05) is 16.6 Å². The second kappa shape index (κ2) is 7.20. The van der Waals surface area contributed by atoms with Crippen LogP contribution < -0.4 is 10.1 Å². The highest BCUT2D eigenvalue weighted by atomic mass is 79.9. The molecule has 1 rings (SSSR count). The fourth-order valence-corrected chi connectivity index (χ4v) is 1.97. The molecule has 0 aliphatic rings. The second-order valence-corrected chi connectivity index (χ2v) is 5.34. The highest BCUT2D eigenvalue weighted by molar-refractivity contribution is 9.10. The van der Waals surface area contributed by atoms with Crippen LogP contribution in [-0.4, -0.2) is 34.7 Å². The smallest absolute Gasteiger partial charge is 0.324 e. The van der Waals surface area contributed by atoms with Gasteiger partial charge in [0.15, 0.2) is 0 Å². The van der Waals surface area contributed by atoms with Gasteiger partial charge in [-0.3, -0.25) is 20.2 Å². The number of nitro groups is 1. The van der Waals surface area contributed by atoms with E-state index in [4.69, 9.17) is 9.84 Å². The number of nitrogens with zero attached hydrogens (tertiary/aromatic N) is 1. The largest absolute Gasteiger partial charge is 0.491 e. The number of aliphatic carboxylic acids is 1. The molecule has 0 bridgehead atoms. The number of ether oxygens (including phenoxy) is 1. The summed E-state index contributed by atoms with van der Waals surface area (Å²) in [5, 5.41) is 22.6. The predicted octanol–water partition coefficient (Wildman–Crippen LogP) is 2.19. The van der Waals surface area contributed by atoms with Gasteiger partial charge in [-0.2, -0.15) is 0 Å². The zero-order valence-electron chi connectivity index (χ0n) is 11.0. The van der Waals surface area contributed by atoms with Gasteiger partial charge in [0.05, 0.1) is 11.0 Å². The average Bonchev–Trinajstić information content (AvgIpc) is 2.33. The Morgan fingerprint density at radius 1 is 1.50 bits per heavy atom. The molecule has 110 valence electrons. The van der Waals surface area contributed by atoms with E-state index in [9.17, 15) is 14.9 Å². The van der Waals surface area contributed by atoms with Crippen molar-refractivity contribution in [3.63, 3.8) is 0 Å². The number of benzene rings is 1. The van der Waals surface area contributed by atoms with Crippen molar-refractivity contribution in [2.45, 2.75) is 25.9 Å². The Labute approximate surface area is 124 Å². The second-order valence-electron chi connectivity index (χ2n) is 4.43. The maximum Gasteiger partial charge on any atom is 0.324 e. The number of hydrogen-bond donors (Lipinski definition) is 2. The third kappa shape index (κ3) is 5.14. The Morgan fingerprint density at radius 2 is 2.15 bits per heavy atom. The lowest BCUT2D eigenvalue weighted by Gasteiger charge is -2.17. The molecule has 0 aliphatic heterocycles. The average molecular weight is 347 g/mol. The number of hydrogen-bond acceptors (Lipinski definition) is 5. The van der Waals surface area contributed by atoms with Crippen molar-refractivity contribution in [2.75, 3.05) is 6.61 Å². The van der Waals surface area contributed by atoms with Crippen LogP contribution in [0.1, 0.15) is 13.8 Å². The van der Waals surface area contributed by atoms with Gasteiger partial charge < -0.3 is 9.84 Å². The van der Waals surface area contributed by atoms with Crippen molar-refractivity contribution in [1.29, 1.82) is 0 Å². The first-order chi connectivity index (χ1) is 9.29. The molecule has 1 aromatic rings. The number of carboxylic acid groups (broad SMARTS) is 1. The Morgan fingerprint density at radius 3 is 2.65 bits per heavy atom. The summed E-state index contributed by atoms with van der Waals surface area (Å²) in [6, 6.07) is 3.23. The Hall–Kier alpha value is -1.67. The molecular formula is C12H15BrN2O5. The highest BCUT2D eigenvalue weighted by Gasteiger charge is 2.19. The van der Waals surface area contributed by atoms with E-state index in [0.29, 0.717) is 4.47 Å². The fourth-order valence-electron chi connectivity index (χ4n) is 1.51. The van der Waals surface area contributed by atoms with Crippen molar-refractivity contribution >= 4 is 27.6 Å². The Balaban J connectivity index is 2.77. The normalized spacial score (nSPS) is 12.2. The van der Waals surface area contributed by atoms with E-state index < -0.39 is 16.9 Å². The van der Waals surface area contributed by atoms with Gasteiger partial charge in [-0.15, -0.1) is 0 Å². The van der Waals surface area contributed by atoms with E-state index in [1.54, 1.807) is 6.07 Å². The zero-order valence-corrected chi connectivity index (χ0v) is 12.6. The molecule has 0 radical (unpaired) electrons. The fraction of sp³-hybridized carbons (Fsp3) is 0.417. The lowest BCUT2D eigenvalue weighted by atomic mass is 10.2. The summed E-state index contributed by atoms with van der Waals surface area (Å²) in [6.45, 7) is 3.51. The summed E-state index contributed by atoms with van der Waals surface area (Å²) in [5.41, 5.74) is -0.127. The summed E-state index contributed by atoms with van der Waals surface area (Å²) in [5.74, 6) is -0.800. The number of carboxylic acids is 1. The van der Waals surface area contributed by atoms with Gasteiger partial charge in [0.25, 0.3) is 5.69 Å². The van der Waals surface area contributed by atoms with Crippen LogP contribution in [0.2, 0.25) is 0 Å². The summed E-state index contributed by atoms with van der Waals surface area (Å²) in [7, 11) is 0. The molecule has 0 spiro atoms. The van der Waals surface area contributed by atoms with E-state index in [1.807, 2.05) is 13.8 Å². The van der Waals surface area contributed by atoms with Gasteiger partial charge in [-0.25, -0.2) is 0 Å². The minimum atomic E-state index is -1.04. The summed E-state index contributed by atoms with van der Waals surface area (Å²) < 4.78 is 5.82. The summed E-state index contributed by atoms with van der Waals surface area (Å²) >= 11 is 3.14. The number of carbonyl (C=O) groups is 1. The molecule has 1 aromatic carbocycles. The van der Waals surface area contributed by atoms with Crippen LogP contribution in [0, 0.1) is 10.1 Å². The van der Waals surface area contributed by atoms with Crippen molar-refractivity contribution in [1.82, 2.24) is 5.32 Å². The van der Waals surface area contributed by atoms with E-state index in [0.717, 1.165) is 0 Å². The molecule has 0 aromatic heterocycles. The van der Waals surface area contributed by atoms with Crippen LogP contribution >= 0.6 is 15.9 Å². The molecular weight excluding hydrogens is 332 g/mol. The molecule has 0 amide bonds. The van der Waals surface area contributed by atoms with E-state index in [2.05, 4.69) is 21.2 Å². The lowest BCUT2D eigenvalue weighted by molar-refractivity contribution is -0.385. The number of nitro benzene ring substituents is 1. The molecule has 1 unspecified atom stereocenters. The topological polar surface area (TPSA) is 102 Å². The van der Waals surface area contributed by atoms with Gasteiger partial charge >= 0.3 is 5.97 Å². The van der Waals surface area contributed by atoms with E-state index in [-0.39, 0.29) is 24.1 Å². The molecule has 0 fully saturated rings. The van der Waals surface area contributed by atoms with Crippen LogP contribution in [0.5, 0.6) is 5.75 Å². The third-order valence-corrected chi connectivity index (χ3v) is 2.77. The van der Waals surface area contributed by atoms with E-state index >= 15 is 0 Å². The first-order valence-corrected chi connectivity index (χ1v) is 6.65. The first kappa shape index (κ1) is 16.4. The van der Waals surface area contributed by atoms with Crippen molar-refractivity contribution < 1.29 is 19.6 Å². The van der Waals surface area contributed by atoms with Gasteiger partial charge in [0.1, 0.15) is 18.4 Å². The number of halogens is 1. The maximum absolute atomic E-state index is 11.0. The van der Waals surface area contributed by atoms with Gasteiger partial charge in [-0.1, -0.05) is 29.8 Å². The monoisotopic (exact) mass is 346 g/mol. The van der Waals surface area contributed by atoms with Crippen LogP contribution in [0.25, 0.3) is 0 Å². The number of rotatable bonds is 7. The minimum Gasteiger partial charge on any atom is -0.491 e. The van der Waals surface area contributed by atoms with Crippen molar-refractivity contribution in [3.05, 3.63) is 32.8 Å². The molecule has 20 heavy (non-hydrogen) atoms. The van der Waals surface area contributed by atoms with Gasteiger partial charge in [-0.05, 0) is 6.07 Å². The molecule has 0 saturated heterocycles. The quantitative estimate of drug-likeness (QED) is 0.579. The van der Waals surface area contributed by atoms with Crippen LogP contribution in [0.4, 0.5) is 5.69 Å². The summed E-state index contributed by atoms with van der Waals surface area (Å²) in [4.78, 5) is 21.2. The predicted molar refractivity (Wildman–Crippen MR) is 76.0 cm³/mol. The van der Waals surface area contributed by atoms with Crippen molar-refractivity contribution in [3.8, 4) is 5.75 Å². The molecule has 0 heterocycles. The molecule has 0 saturated carbocycles. The Bertz CT molecular complexity index is 507. The number of non-ortho nitro benzene ring substituents is 1. The minimum absolute atomic E-state index is 0.0171. The van der Waals surface area contributed by atoms with Crippen LogP contribution in [0.3, 0.4) is 0 Å². The maximum atomic E-state index is 11.0. The van der Waals surface area contributed by atoms with Crippen LogP contribution in [0.15, 0.2) is 22.7 Å². The highest BCUT2D eigenvalue weighted by Crippen LogP contribution is 2.26. The van der Waals surface area contributed by atoms with E-state index in [1.165, 1.54) is 12.1 Å². The molecule has 2 N–H and O–H groups in total. The first-order valence-electron chi connectivity index (χ1n) is 5.86. The standard InChI is InChI=1S/C12H15BrN2O5/c1-7(2)14-11(12(16)17)6-20-10-4-8(13)3-9(5-10)15(18)19/h3-5,7,11,14H,6H2,1-2H3,(H,16,17). The Kier molecular flexibility index (Phi) is 5.90. The van der Waals surface area contributed by atoms with Crippen LogP contribution in [-0.2, 0) is 4.79 Å². The molecule has 1 atom stereocenters.